The molecule has 0 saturated heterocycles. The molecule has 182 valence electrons. The quantitative estimate of drug-likeness (QED) is 0.248. The Labute approximate surface area is 191 Å². The highest BCUT2D eigenvalue weighted by Crippen LogP contribution is 2.11. The van der Waals surface area contributed by atoms with Gasteiger partial charge in [0.2, 0.25) is 17.7 Å². The van der Waals surface area contributed by atoms with Gasteiger partial charge in [0.15, 0.2) is 0 Å². The summed E-state index contributed by atoms with van der Waals surface area (Å²) in [6, 6.07) is 0. The van der Waals surface area contributed by atoms with Crippen molar-refractivity contribution in [1.29, 1.82) is 0 Å². The zero-order valence-electron chi connectivity index (χ0n) is 20.6. The van der Waals surface area contributed by atoms with Gasteiger partial charge < -0.3 is 15.5 Å². The second-order valence-electron chi connectivity index (χ2n) is 8.55. The highest BCUT2D eigenvalue weighted by molar-refractivity contribution is 5.85. The molecule has 0 aliphatic heterocycles. The van der Waals surface area contributed by atoms with E-state index in [2.05, 4.69) is 31.4 Å². The molecular weight excluding hydrogens is 390 g/mol. The molecule has 0 rings (SSSR count). The van der Waals surface area contributed by atoms with Crippen LogP contribution in [0.15, 0.2) is 0 Å². The van der Waals surface area contributed by atoms with E-state index < -0.39 is 0 Å². The lowest BCUT2D eigenvalue weighted by Gasteiger charge is -2.22. The van der Waals surface area contributed by atoms with Crippen molar-refractivity contribution >= 4 is 17.7 Å². The van der Waals surface area contributed by atoms with Crippen LogP contribution in [0.1, 0.15) is 117 Å². The molecule has 0 atom stereocenters. The topological polar surface area (TPSA) is 78.5 Å². The summed E-state index contributed by atoms with van der Waals surface area (Å²) in [5.41, 5.74) is 0. The number of amides is 3. The Kier molecular flexibility index (Phi) is 20.5. The monoisotopic (exact) mass is 439 g/mol. The zero-order chi connectivity index (χ0) is 23.2. The van der Waals surface area contributed by atoms with Gasteiger partial charge in [-0.05, 0) is 19.3 Å². The molecule has 6 nitrogen and oxygen atoms in total. The van der Waals surface area contributed by atoms with Crippen LogP contribution in [0.2, 0.25) is 0 Å². The van der Waals surface area contributed by atoms with Gasteiger partial charge in [-0.2, -0.15) is 0 Å². The number of carbonyl (C=O) groups is 3. The molecule has 2 N–H and O–H groups in total. The number of rotatable bonds is 21. The Morgan fingerprint density at radius 1 is 0.581 bits per heavy atom. The maximum Gasteiger partial charge on any atom is 0.239 e. The molecule has 6 heteroatoms. The van der Waals surface area contributed by atoms with E-state index in [1.54, 1.807) is 4.90 Å². The van der Waals surface area contributed by atoms with E-state index in [0.717, 1.165) is 44.9 Å². The van der Waals surface area contributed by atoms with Crippen molar-refractivity contribution in [2.24, 2.45) is 0 Å². The van der Waals surface area contributed by atoms with Crippen LogP contribution in [0, 0.1) is 0 Å². The number of nitrogens with zero attached hydrogens (tertiary/aromatic N) is 1. The van der Waals surface area contributed by atoms with Gasteiger partial charge in [-0.3, -0.25) is 14.4 Å². The molecule has 0 aromatic heterocycles. The van der Waals surface area contributed by atoms with Gasteiger partial charge >= 0.3 is 0 Å². The van der Waals surface area contributed by atoms with Gasteiger partial charge in [-0.25, -0.2) is 0 Å². The SMILES string of the molecule is CCCCCCCCCCCC(=O)N(CCC(=O)NCCCC)CC(=O)NCCCC. The third-order valence-corrected chi connectivity index (χ3v) is 5.50. The molecule has 0 saturated carbocycles. The average Bonchev–Trinajstić information content (AvgIpc) is 2.75. The summed E-state index contributed by atoms with van der Waals surface area (Å²) in [6.07, 6.45) is 15.4. The summed E-state index contributed by atoms with van der Waals surface area (Å²) in [5.74, 6) is -0.212. The van der Waals surface area contributed by atoms with E-state index in [1.165, 1.54) is 38.5 Å². The summed E-state index contributed by atoms with van der Waals surface area (Å²) in [4.78, 5) is 38.5. The third kappa shape index (κ3) is 18.9. The van der Waals surface area contributed by atoms with Crippen LogP contribution in [-0.4, -0.2) is 48.8 Å². The van der Waals surface area contributed by atoms with Crippen LogP contribution in [0.5, 0.6) is 0 Å². The molecule has 3 amide bonds. The van der Waals surface area contributed by atoms with Crippen LogP contribution in [0.4, 0.5) is 0 Å². The number of unbranched alkanes of at least 4 members (excludes halogenated alkanes) is 10. The normalized spacial score (nSPS) is 10.7. The summed E-state index contributed by atoms with van der Waals surface area (Å²) in [5, 5.41) is 5.75. The third-order valence-electron chi connectivity index (χ3n) is 5.50. The van der Waals surface area contributed by atoms with Crippen LogP contribution in [0.3, 0.4) is 0 Å². The van der Waals surface area contributed by atoms with Crippen molar-refractivity contribution in [1.82, 2.24) is 15.5 Å². The van der Waals surface area contributed by atoms with E-state index in [9.17, 15) is 14.4 Å². The minimum Gasteiger partial charge on any atom is -0.356 e. The smallest absolute Gasteiger partial charge is 0.239 e. The minimum atomic E-state index is -0.139. The summed E-state index contributed by atoms with van der Waals surface area (Å²) >= 11 is 0. The van der Waals surface area contributed by atoms with E-state index in [-0.39, 0.29) is 30.7 Å². The van der Waals surface area contributed by atoms with Gasteiger partial charge in [0.25, 0.3) is 0 Å². The van der Waals surface area contributed by atoms with Gasteiger partial charge in [0.1, 0.15) is 0 Å². The molecule has 0 radical (unpaired) electrons. The van der Waals surface area contributed by atoms with E-state index in [0.29, 0.717) is 26.1 Å². The van der Waals surface area contributed by atoms with Crippen molar-refractivity contribution in [3.8, 4) is 0 Å². The molecule has 31 heavy (non-hydrogen) atoms. The summed E-state index contributed by atoms with van der Waals surface area (Å²) in [7, 11) is 0. The predicted molar refractivity (Wildman–Crippen MR) is 129 cm³/mol. The predicted octanol–water partition coefficient (Wildman–Crippen LogP) is 4.96. The van der Waals surface area contributed by atoms with Crippen LogP contribution in [-0.2, 0) is 14.4 Å². The molecule has 0 aliphatic carbocycles. The van der Waals surface area contributed by atoms with Gasteiger partial charge in [0.05, 0.1) is 6.54 Å². The Morgan fingerprint density at radius 3 is 1.61 bits per heavy atom. The highest BCUT2D eigenvalue weighted by Gasteiger charge is 2.18. The van der Waals surface area contributed by atoms with Crippen molar-refractivity contribution in [3.05, 3.63) is 0 Å². The summed E-state index contributed by atoms with van der Waals surface area (Å²) in [6.45, 7) is 8.03. The largest absolute Gasteiger partial charge is 0.356 e. The lowest BCUT2D eigenvalue weighted by Crippen LogP contribution is -2.42. The van der Waals surface area contributed by atoms with Gasteiger partial charge in [0, 0.05) is 32.5 Å². The molecular formula is C25H49N3O3. The molecule has 0 fully saturated rings. The second kappa shape index (κ2) is 21.6. The van der Waals surface area contributed by atoms with Crippen molar-refractivity contribution < 1.29 is 14.4 Å². The lowest BCUT2D eigenvalue weighted by molar-refractivity contribution is -0.136. The summed E-state index contributed by atoms with van der Waals surface area (Å²) < 4.78 is 0. The maximum absolute atomic E-state index is 12.7. The van der Waals surface area contributed by atoms with E-state index >= 15 is 0 Å². The second-order valence-corrected chi connectivity index (χ2v) is 8.55. The first-order valence-electron chi connectivity index (χ1n) is 12.9. The van der Waals surface area contributed by atoms with Crippen molar-refractivity contribution in [2.45, 2.75) is 117 Å². The maximum atomic E-state index is 12.7. The van der Waals surface area contributed by atoms with E-state index in [1.807, 2.05) is 0 Å². The Bertz CT molecular complexity index is 469. The Morgan fingerprint density at radius 2 is 1.06 bits per heavy atom. The number of carbonyl (C=O) groups excluding carboxylic acids is 3. The fraction of sp³-hybridized carbons (Fsp3) is 0.880. The Balaban J connectivity index is 4.30. The molecule has 0 spiro atoms. The van der Waals surface area contributed by atoms with Crippen LogP contribution < -0.4 is 10.6 Å². The first-order chi connectivity index (χ1) is 15.0. The average molecular weight is 440 g/mol. The van der Waals surface area contributed by atoms with Gasteiger partial charge in [-0.15, -0.1) is 0 Å². The number of hydrogen-bond donors (Lipinski definition) is 2. The van der Waals surface area contributed by atoms with E-state index in [4.69, 9.17) is 0 Å². The molecule has 0 aliphatic rings. The zero-order valence-corrected chi connectivity index (χ0v) is 20.6. The molecule has 0 heterocycles. The Hall–Kier alpha value is -1.59. The highest BCUT2D eigenvalue weighted by atomic mass is 16.2. The van der Waals surface area contributed by atoms with Crippen LogP contribution >= 0.6 is 0 Å². The standard InChI is InChI=1S/C25H49N3O3/c1-4-7-10-11-12-13-14-15-16-17-25(31)28(22-24(30)27-20-9-6-3)21-18-23(29)26-19-8-5-2/h4-22H2,1-3H3,(H,26,29)(H,27,30). The number of hydrogen-bond acceptors (Lipinski definition) is 3. The first-order valence-corrected chi connectivity index (χ1v) is 12.9. The molecule has 0 bridgehead atoms. The first kappa shape index (κ1) is 29.4. The lowest BCUT2D eigenvalue weighted by atomic mass is 10.1. The molecule has 0 aromatic rings. The van der Waals surface area contributed by atoms with Gasteiger partial charge in [-0.1, -0.05) is 85.0 Å². The van der Waals surface area contributed by atoms with Crippen molar-refractivity contribution in [2.75, 3.05) is 26.2 Å². The molecule has 0 aromatic carbocycles. The number of nitrogens with one attached hydrogen (secondary N) is 2. The fourth-order valence-corrected chi connectivity index (χ4v) is 3.40. The fourth-order valence-electron chi connectivity index (χ4n) is 3.40. The molecule has 0 unspecified atom stereocenters. The van der Waals surface area contributed by atoms with Crippen LogP contribution in [0.25, 0.3) is 0 Å². The minimum absolute atomic E-state index is 0.0186. The van der Waals surface area contributed by atoms with Crippen molar-refractivity contribution in [3.63, 3.8) is 0 Å².